The van der Waals surface area contributed by atoms with Gasteiger partial charge in [0.15, 0.2) is 5.82 Å². The lowest BCUT2D eigenvalue weighted by Crippen LogP contribution is -2.29. The van der Waals surface area contributed by atoms with Gasteiger partial charge in [-0.2, -0.15) is 30.6 Å². The first kappa shape index (κ1) is 89.7. The lowest BCUT2D eigenvalue weighted by molar-refractivity contribution is 0.0860. The molecule has 0 radical (unpaired) electrons. The summed E-state index contributed by atoms with van der Waals surface area (Å²) in [6.45, 7) is 1.80. The third kappa shape index (κ3) is 26.5. The zero-order valence-electron chi connectivity index (χ0n) is 69.1. The Morgan fingerprint density at radius 2 is 0.929 bits per heavy atom. The number of furan rings is 1. The highest BCUT2D eigenvalue weighted by Gasteiger charge is 2.26. The van der Waals surface area contributed by atoms with Crippen LogP contribution in [0, 0.1) is 12.8 Å². The van der Waals surface area contributed by atoms with Crippen molar-refractivity contribution in [3.63, 3.8) is 0 Å². The topological polar surface area (TPSA) is 279 Å². The van der Waals surface area contributed by atoms with Crippen LogP contribution in [0.25, 0.3) is 66.8 Å². The van der Waals surface area contributed by atoms with Gasteiger partial charge in [-0.05, 0) is 252 Å². The van der Waals surface area contributed by atoms with Gasteiger partial charge in [0, 0.05) is 106 Å². The summed E-state index contributed by atoms with van der Waals surface area (Å²) >= 11 is 18.5. The quantitative estimate of drug-likeness (QED) is 0.0617. The average Bonchev–Trinajstić information content (AvgIpc) is 1.68. The van der Waals surface area contributed by atoms with E-state index in [-0.39, 0.29) is 35.6 Å². The van der Waals surface area contributed by atoms with Crippen molar-refractivity contribution in [3.8, 4) is 5.75 Å². The zero-order valence-corrected chi connectivity index (χ0v) is 73.8. The summed E-state index contributed by atoms with van der Waals surface area (Å²) in [7, 11) is 5.29. The molecule has 0 bridgehead atoms. The molecule has 3 aromatic carbocycles. The second-order valence-corrected chi connectivity index (χ2v) is 33.2. The summed E-state index contributed by atoms with van der Waals surface area (Å²) in [6, 6.07) is 58.7. The van der Waals surface area contributed by atoms with Crippen molar-refractivity contribution in [2.75, 3.05) is 18.0 Å². The van der Waals surface area contributed by atoms with Crippen LogP contribution in [0.15, 0.2) is 275 Å². The summed E-state index contributed by atoms with van der Waals surface area (Å²) in [5, 5.41) is 45.0. The van der Waals surface area contributed by atoms with Gasteiger partial charge in [0.25, 0.3) is 29.6 Å². The number of aryl methyl sites for hydroxylation is 3. The van der Waals surface area contributed by atoms with Crippen LogP contribution in [-0.2, 0) is 26.9 Å². The van der Waals surface area contributed by atoms with Crippen LogP contribution in [-0.4, -0.2) is 122 Å². The number of ether oxygens (including phenoxy) is 1. The number of hydrogen-bond donors (Lipinski definition) is 1. The lowest BCUT2D eigenvalue weighted by atomic mass is 10.0. The van der Waals surface area contributed by atoms with Crippen molar-refractivity contribution >= 4 is 177 Å². The Balaban J connectivity index is 0.000000130. The number of thiophene rings is 4. The average molecular weight is 1790 g/mol. The summed E-state index contributed by atoms with van der Waals surface area (Å²) < 4.78 is 22.2. The van der Waals surface area contributed by atoms with E-state index in [1.165, 1.54) is 58.6 Å². The number of hydrazone groups is 1. The molecule has 126 heavy (non-hydrogen) atoms. The first-order chi connectivity index (χ1) is 61.4. The van der Waals surface area contributed by atoms with Crippen LogP contribution in [0.5, 0.6) is 5.75 Å². The van der Waals surface area contributed by atoms with Crippen LogP contribution in [0.4, 0.5) is 5.95 Å². The molecule has 25 nitrogen and oxygen atoms in total. The van der Waals surface area contributed by atoms with Crippen molar-refractivity contribution in [2.24, 2.45) is 25.1 Å². The van der Waals surface area contributed by atoms with E-state index in [4.69, 9.17) is 38.2 Å². The fourth-order valence-electron chi connectivity index (χ4n) is 12.7. The van der Waals surface area contributed by atoms with E-state index in [2.05, 4.69) is 52.9 Å². The Morgan fingerprint density at radius 1 is 0.476 bits per heavy atom. The van der Waals surface area contributed by atoms with Gasteiger partial charge in [0.1, 0.15) is 22.9 Å². The summed E-state index contributed by atoms with van der Waals surface area (Å²) in [4.78, 5) is 65.7. The molecular weight excluding hydrogens is 1700 g/mol. The number of carbonyl (C=O) groups is 5. The molecule has 1 saturated carbocycles. The second-order valence-electron chi connectivity index (χ2n) is 28.4. The van der Waals surface area contributed by atoms with E-state index in [9.17, 15) is 24.0 Å². The van der Waals surface area contributed by atoms with Crippen LogP contribution in [0.1, 0.15) is 150 Å². The normalized spacial score (nSPS) is 13.1. The monoisotopic (exact) mass is 1790 g/mol. The van der Waals surface area contributed by atoms with Crippen molar-refractivity contribution in [1.82, 2.24) is 72.9 Å². The molecule has 14 heterocycles. The van der Waals surface area contributed by atoms with E-state index in [0.717, 1.165) is 72.0 Å². The Morgan fingerprint density at radius 3 is 1.34 bits per heavy atom. The van der Waals surface area contributed by atoms with Gasteiger partial charge in [-0.15, -0.1) is 55.5 Å². The van der Waals surface area contributed by atoms with E-state index < -0.39 is 0 Å². The SMILES string of the molecule is COc1ccc(CC(=O)n2ccc(/C=C/c3cccs3)n2)cc1.Cc1nnc(N2N=CCC2/C=C/c2cccc(Cl)c2)n1N.Cn1cccc1C(=O)n1ccc(/C=C/c2ccco2)n1.Cn1cccc1C(=O)n1ccc(/C=C/c2cccs2)n1.O=C(CC1CCCC1)n1ccc(/C=C/c2cccs2)n1.O=C(Cc1ccc(Cl)cc1)n1ccc(/C=C/c2cccs2)n1. The Bertz CT molecular complexity index is 6250. The smallest absolute Gasteiger partial charge is 0.294 e. The summed E-state index contributed by atoms with van der Waals surface area (Å²) in [5.41, 5.74) is 7.92. The van der Waals surface area contributed by atoms with Crippen molar-refractivity contribution < 1.29 is 33.1 Å². The number of anilines is 1. The molecule has 2 N–H and O–H groups in total. The number of methoxy groups -OCH3 is 1. The van der Waals surface area contributed by atoms with Crippen LogP contribution in [0.3, 0.4) is 0 Å². The minimum atomic E-state index is -0.157. The maximum absolute atomic E-state index is 12.3. The number of benzene rings is 3. The first-order valence-corrected chi connectivity index (χ1v) is 44.2. The molecule has 1 aliphatic carbocycles. The molecule has 638 valence electrons. The Hall–Kier alpha value is -14.1. The van der Waals surface area contributed by atoms with E-state index >= 15 is 0 Å². The fourth-order valence-corrected chi connectivity index (χ4v) is 15.5. The molecule has 1 fully saturated rings. The Labute approximate surface area is 753 Å². The maximum Gasteiger partial charge on any atom is 0.294 e. The van der Waals surface area contributed by atoms with Gasteiger partial charge in [-0.3, -0.25) is 24.0 Å². The minimum absolute atomic E-state index is 0.0639. The van der Waals surface area contributed by atoms with Gasteiger partial charge in [0.05, 0.1) is 60.7 Å². The highest BCUT2D eigenvalue weighted by molar-refractivity contribution is 7.11. The zero-order chi connectivity index (χ0) is 87.9. The molecule has 0 amide bonds. The van der Waals surface area contributed by atoms with Gasteiger partial charge < -0.3 is 24.1 Å². The van der Waals surface area contributed by atoms with Crippen molar-refractivity contribution in [3.05, 3.63) is 363 Å². The van der Waals surface area contributed by atoms with E-state index in [0.29, 0.717) is 64.1 Å². The summed E-state index contributed by atoms with van der Waals surface area (Å²) in [5.74, 6) is 8.86. The molecule has 31 heteroatoms. The van der Waals surface area contributed by atoms with Gasteiger partial charge in [-0.25, -0.2) is 33.1 Å². The van der Waals surface area contributed by atoms with Gasteiger partial charge in [0.2, 0.25) is 5.91 Å². The predicted molar refractivity (Wildman–Crippen MR) is 507 cm³/mol. The predicted octanol–water partition coefficient (Wildman–Crippen LogP) is 21.0. The highest BCUT2D eigenvalue weighted by Crippen LogP contribution is 2.29. The van der Waals surface area contributed by atoms with E-state index in [1.54, 1.807) is 153 Å². The molecule has 0 saturated heterocycles. The van der Waals surface area contributed by atoms with Gasteiger partial charge >= 0.3 is 0 Å². The van der Waals surface area contributed by atoms with Gasteiger partial charge in [-0.1, -0.05) is 109 Å². The Kier molecular flexibility index (Phi) is 32.3. The molecule has 1 aliphatic heterocycles. The van der Waals surface area contributed by atoms with Crippen molar-refractivity contribution in [2.45, 2.75) is 64.3 Å². The number of nitrogen functional groups attached to an aromatic ring is 1. The maximum atomic E-state index is 12.3. The molecule has 1 atom stereocenters. The number of nitrogens with zero attached hydrogens (tertiary/aromatic N) is 17. The van der Waals surface area contributed by atoms with E-state index in [1.807, 2.05) is 261 Å². The summed E-state index contributed by atoms with van der Waals surface area (Å²) in [6.07, 6.45) is 45.9. The number of rotatable bonds is 22. The molecule has 16 aromatic rings. The largest absolute Gasteiger partial charge is 0.497 e. The third-order valence-electron chi connectivity index (χ3n) is 19.4. The van der Waals surface area contributed by atoms with Crippen molar-refractivity contribution in [1.29, 1.82) is 0 Å². The molecule has 1 unspecified atom stereocenters. The highest BCUT2D eigenvalue weighted by atomic mass is 35.5. The molecule has 18 rings (SSSR count). The number of aromatic nitrogens is 15. The molecular formula is C95H88Cl2N18O7S4. The second kappa shape index (κ2) is 45.4. The standard InChI is InChI=1S/C18H16N2O2S.C17H13ClN2OS.C16H18N2OS.C15H13N3O2.C15H13N3OS.C14H15ClN6/c1-22-16-7-4-14(5-8-16)13-18(21)20-11-10-15(19-20)6-9-17-3-2-12-23-17;18-14-5-3-13(4-6-14)12-17(21)20-10-9-15(19-20)7-8-16-2-1-11-22-16;19-16(12-13-4-1-2-5-13)18-10-9-14(17-18)7-8-15-6-3-11-20-15;2*1-17-9-2-5-14(17)15(19)18-10-8-12(16-18)6-7-13-4-3-11-20-13;1-10-18-19-14(20(10)16)21-13(7-8-17-21)6-5-11-3-2-4-12(15)9-11/h2-12H,13H2,1H3;1-11H,12H2;3,6-11,13H,1-2,4-5,12H2;2*2-11H,1H3;2-6,8-9,13H,7,16H2,1H3/b9-6+;2*8-7+;2*7-6+;6-5+. The number of halogens is 2. The molecule has 0 spiro atoms. The molecule has 2 aliphatic rings. The number of hydrogen-bond acceptors (Lipinski definition) is 21. The van der Waals surface area contributed by atoms with Crippen LogP contribution >= 0.6 is 68.5 Å². The lowest BCUT2D eigenvalue weighted by Gasteiger charge is -2.19. The fraction of sp³-hybridized carbons (Fsp3) is 0.147. The van der Waals surface area contributed by atoms with Crippen LogP contribution in [0.2, 0.25) is 10.0 Å². The van der Waals surface area contributed by atoms with Crippen LogP contribution < -0.4 is 15.6 Å². The first-order valence-electron chi connectivity index (χ1n) is 40.0. The minimum Gasteiger partial charge on any atom is -0.497 e. The number of nitrogens with two attached hydrogens (primary N) is 1. The molecule has 13 aromatic heterocycles. The number of carbonyl (C=O) groups excluding carboxylic acids is 5. The third-order valence-corrected chi connectivity index (χ3v) is 23.2.